The predicted molar refractivity (Wildman–Crippen MR) is 82.7 cm³/mol. The molecule has 0 aliphatic heterocycles. The zero-order valence-corrected chi connectivity index (χ0v) is 13.4. The van der Waals surface area contributed by atoms with Crippen LogP contribution in [0.4, 0.5) is 0 Å². The van der Waals surface area contributed by atoms with Gasteiger partial charge in [-0.3, -0.25) is 0 Å². The monoisotopic (exact) mass is 329 g/mol. The highest BCUT2D eigenvalue weighted by atomic mass is 79.9. The third-order valence-corrected chi connectivity index (χ3v) is 3.75. The van der Waals surface area contributed by atoms with Crippen molar-refractivity contribution in [3.63, 3.8) is 0 Å². The Labute approximate surface area is 124 Å². The normalized spacial score (nSPS) is 12.6. The second-order valence-electron chi connectivity index (χ2n) is 4.42. The summed E-state index contributed by atoms with van der Waals surface area (Å²) in [5.41, 5.74) is 1.35. The molecular formula is C15H24BrNO2. The number of rotatable bonds is 10. The molecule has 3 nitrogen and oxygen atoms in total. The molecule has 1 aromatic rings. The number of methoxy groups -OCH3 is 1. The van der Waals surface area contributed by atoms with Crippen molar-refractivity contribution in [1.82, 2.24) is 5.32 Å². The van der Waals surface area contributed by atoms with E-state index in [1.165, 1.54) is 10.0 Å². The summed E-state index contributed by atoms with van der Waals surface area (Å²) in [7, 11) is 1.69. The number of ether oxygens (including phenoxy) is 2. The summed E-state index contributed by atoms with van der Waals surface area (Å²) in [6.45, 7) is 6.19. The molecule has 4 heteroatoms. The summed E-state index contributed by atoms with van der Waals surface area (Å²) in [5.74, 6) is 0.470. The molecule has 0 bridgehead atoms. The van der Waals surface area contributed by atoms with Crippen molar-refractivity contribution in [3.8, 4) is 0 Å². The van der Waals surface area contributed by atoms with Crippen LogP contribution in [-0.4, -0.2) is 40.0 Å². The van der Waals surface area contributed by atoms with Crippen LogP contribution in [0.2, 0.25) is 0 Å². The van der Waals surface area contributed by atoms with Gasteiger partial charge in [0, 0.05) is 24.7 Å². The molecule has 0 spiro atoms. The smallest absolute Gasteiger partial charge is 0.0700 e. The lowest BCUT2D eigenvalue weighted by molar-refractivity contribution is 0.0670. The van der Waals surface area contributed by atoms with Crippen molar-refractivity contribution in [3.05, 3.63) is 34.3 Å². The highest BCUT2D eigenvalue weighted by molar-refractivity contribution is 9.10. The van der Waals surface area contributed by atoms with E-state index in [2.05, 4.69) is 46.4 Å². The molecule has 0 fully saturated rings. The topological polar surface area (TPSA) is 30.5 Å². The van der Waals surface area contributed by atoms with Crippen LogP contribution in [0, 0.1) is 0 Å². The van der Waals surface area contributed by atoms with Crippen LogP contribution in [-0.2, 0) is 9.47 Å². The first-order valence-electron chi connectivity index (χ1n) is 6.81. The number of hydrogen-bond acceptors (Lipinski definition) is 3. The predicted octanol–water partition coefficient (Wildman–Crippen LogP) is 3.20. The Kier molecular flexibility index (Phi) is 9.08. The zero-order valence-electron chi connectivity index (χ0n) is 11.8. The van der Waals surface area contributed by atoms with Crippen molar-refractivity contribution in [1.29, 1.82) is 0 Å². The van der Waals surface area contributed by atoms with E-state index >= 15 is 0 Å². The van der Waals surface area contributed by atoms with Gasteiger partial charge < -0.3 is 14.8 Å². The zero-order chi connectivity index (χ0) is 13.9. The summed E-state index contributed by atoms with van der Waals surface area (Å²) >= 11 is 3.63. The summed E-state index contributed by atoms with van der Waals surface area (Å²) < 4.78 is 11.7. The number of hydrogen-bond donors (Lipinski definition) is 1. The van der Waals surface area contributed by atoms with Crippen LogP contribution in [0.3, 0.4) is 0 Å². The number of benzene rings is 1. The molecule has 0 aromatic heterocycles. The molecule has 0 aliphatic rings. The molecule has 1 aromatic carbocycles. The molecule has 0 radical (unpaired) electrons. The molecule has 1 atom stereocenters. The van der Waals surface area contributed by atoms with Crippen LogP contribution >= 0.6 is 15.9 Å². The van der Waals surface area contributed by atoms with Gasteiger partial charge in [0.05, 0.1) is 13.2 Å². The molecule has 0 amide bonds. The lowest BCUT2D eigenvalue weighted by Crippen LogP contribution is -2.22. The maximum absolute atomic E-state index is 5.58. The highest BCUT2D eigenvalue weighted by Gasteiger charge is 2.13. The molecule has 0 saturated heterocycles. The van der Waals surface area contributed by atoms with Gasteiger partial charge in [-0.1, -0.05) is 41.1 Å². The molecule has 0 saturated carbocycles. The third kappa shape index (κ3) is 6.52. The Morgan fingerprint density at radius 3 is 2.68 bits per heavy atom. The molecule has 1 N–H and O–H groups in total. The quantitative estimate of drug-likeness (QED) is 0.669. The van der Waals surface area contributed by atoms with E-state index in [4.69, 9.17) is 9.47 Å². The largest absolute Gasteiger partial charge is 0.382 e. The minimum absolute atomic E-state index is 0.470. The van der Waals surface area contributed by atoms with Crippen molar-refractivity contribution in [2.75, 3.05) is 40.0 Å². The number of likely N-dealkylation sites (N-methyl/N-ethyl adjacent to an activating group) is 1. The van der Waals surface area contributed by atoms with Gasteiger partial charge >= 0.3 is 0 Å². The minimum atomic E-state index is 0.470. The van der Waals surface area contributed by atoms with Crippen LogP contribution in [0.15, 0.2) is 28.7 Å². The van der Waals surface area contributed by atoms with E-state index in [1.807, 2.05) is 6.07 Å². The Morgan fingerprint density at radius 1 is 1.21 bits per heavy atom. The first kappa shape index (κ1) is 16.6. The van der Waals surface area contributed by atoms with Gasteiger partial charge in [-0.2, -0.15) is 0 Å². The second-order valence-corrected chi connectivity index (χ2v) is 5.27. The Bertz CT molecular complexity index is 347. The average Bonchev–Trinajstić information content (AvgIpc) is 2.43. The number of halogens is 1. The summed E-state index contributed by atoms with van der Waals surface area (Å²) in [6.07, 6.45) is 1.01. The second kappa shape index (κ2) is 10.4. The van der Waals surface area contributed by atoms with Crippen molar-refractivity contribution < 1.29 is 9.47 Å². The van der Waals surface area contributed by atoms with Crippen LogP contribution < -0.4 is 5.32 Å². The fourth-order valence-corrected chi connectivity index (χ4v) is 2.57. The van der Waals surface area contributed by atoms with E-state index < -0.39 is 0 Å². The van der Waals surface area contributed by atoms with Gasteiger partial charge in [0.25, 0.3) is 0 Å². The SMILES string of the molecule is CCNCC(CCOCCOC)c1ccccc1Br. The van der Waals surface area contributed by atoms with Crippen LogP contribution in [0.5, 0.6) is 0 Å². The lowest BCUT2D eigenvalue weighted by atomic mass is 9.96. The highest BCUT2D eigenvalue weighted by Crippen LogP contribution is 2.26. The third-order valence-electron chi connectivity index (χ3n) is 3.03. The standard InChI is InChI=1S/C15H24BrNO2/c1-3-17-12-13(8-9-19-11-10-18-2)14-6-4-5-7-15(14)16/h4-7,13,17H,3,8-12H2,1-2H3. The van der Waals surface area contributed by atoms with Crippen molar-refractivity contribution >= 4 is 15.9 Å². The van der Waals surface area contributed by atoms with Crippen molar-refractivity contribution in [2.45, 2.75) is 19.3 Å². The average molecular weight is 330 g/mol. The molecule has 0 heterocycles. The van der Waals surface area contributed by atoms with Gasteiger partial charge in [-0.25, -0.2) is 0 Å². The van der Waals surface area contributed by atoms with Gasteiger partial charge in [-0.05, 0) is 30.5 Å². The Morgan fingerprint density at radius 2 is 2.00 bits per heavy atom. The Hall–Kier alpha value is -0.420. The molecular weight excluding hydrogens is 306 g/mol. The number of nitrogens with one attached hydrogen (secondary N) is 1. The lowest BCUT2D eigenvalue weighted by Gasteiger charge is -2.19. The molecule has 19 heavy (non-hydrogen) atoms. The molecule has 0 aliphatic carbocycles. The molecule has 1 rings (SSSR count). The van der Waals surface area contributed by atoms with E-state index in [-0.39, 0.29) is 0 Å². The van der Waals surface area contributed by atoms with Crippen LogP contribution in [0.1, 0.15) is 24.8 Å². The van der Waals surface area contributed by atoms with E-state index in [1.54, 1.807) is 7.11 Å². The first-order valence-corrected chi connectivity index (χ1v) is 7.60. The molecule has 108 valence electrons. The Balaban J connectivity index is 2.49. The molecule has 1 unspecified atom stereocenters. The summed E-state index contributed by atoms with van der Waals surface area (Å²) in [4.78, 5) is 0. The maximum Gasteiger partial charge on any atom is 0.0700 e. The van der Waals surface area contributed by atoms with E-state index in [0.717, 1.165) is 26.1 Å². The van der Waals surface area contributed by atoms with Gasteiger partial charge in [0.2, 0.25) is 0 Å². The fourth-order valence-electron chi connectivity index (χ4n) is 1.96. The first-order chi connectivity index (χ1) is 9.29. The minimum Gasteiger partial charge on any atom is -0.382 e. The van der Waals surface area contributed by atoms with E-state index in [9.17, 15) is 0 Å². The van der Waals surface area contributed by atoms with Gasteiger partial charge in [-0.15, -0.1) is 0 Å². The fraction of sp³-hybridized carbons (Fsp3) is 0.600. The van der Waals surface area contributed by atoms with E-state index in [0.29, 0.717) is 19.1 Å². The van der Waals surface area contributed by atoms with Crippen molar-refractivity contribution in [2.24, 2.45) is 0 Å². The summed E-state index contributed by atoms with van der Waals surface area (Å²) in [5, 5.41) is 3.43. The maximum atomic E-state index is 5.58. The van der Waals surface area contributed by atoms with Crippen LogP contribution in [0.25, 0.3) is 0 Å². The summed E-state index contributed by atoms with van der Waals surface area (Å²) in [6, 6.07) is 8.42. The van der Waals surface area contributed by atoms with Gasteiger partial charge in [0.15, 0.2) is 0 Å². The van der Waals surface area contributed by atoms with Gasteiger partial charge in [0.1, 0.15) is 0 Å².